The average molecular weight is 908 g/mol. The highest BCUT2D eigenvalue weighted by Gasteiger charge is 2.16. The fraction of sp³-hybridized carbons (Fsp3) is 0.767. The highest BCUT2D eigenvalue weighted by atomic mass is 16.6. The molecule has 5 heteroatoms. The lowest BCUT2D eigenvalue weighted by Crippen LogP contribution is -2.28. The molecule has 1 atom stereocenters. The van der Waals surface area contributed by atoms with Crippen molar-refractivity contribution < 1.29 is 24.2 Å². The molecule has 0 heterocycles. The van der Waals surface area contributed by atoms with Crippen LogP contribution in [0.1, 0.15) is 277 Å². The Morgan fingerprint density at radius 3 is 1.00 bits per heavy atom. The molecular weight excluding hydrogens is 801 g/mol. The van der Waals surface area contributed by atoms with Crippen LogP contribution in [0.25, 0.3) is 0 Å². The highest BCUT2D eigenvalue weighted by molar-refractivity contribution is 5.70. The lowest BCUT2D eigenvalue weighted by molar-refractivity contribution is -0.161. The Balaban J connectivity index is 3.51. The van der Waals surface area contributed by atoms with Crippen LogP contribution in [0.2, 0.25) is 0 Å². The van der Waals surface area contributed by atoms with Crippen LogP contribution >= 0.6 is 0 Å². The summed E-state index contributed by atoms with van der Waals surface area (Å²) in [5.41, 5.74) is 0. The molecule has 0 saturated carbocycles. The average Bonchev–Trinajstić information content (AvgIpc) is 3.31. The number of ether oxygens (including phenoxy) is 2. The molecule has 376 valence electrons. The number of hydrogen-bond acceptors (Lipinski definition) is 5. The summed E-state index contributed by atoms with van der Waals surface area (Å²) in [5.74, 6) is -0.591. The standard InChI is InChI=1S/C60H106O5/c1-3-5-7-9-11-13-15-17-19-21-23-25-27-29-30-31-33-35-37-39-41-43-45-47-49-51-53-55-60(63)65-58(56-61)57-64-59(62)54-52-50-48-46-44-42-40-38-36-34-32-28-26-24-22-20-18-16-14-12-10-8-6-4-2/h5,7,11,13,17,19,23,25,29-30,33,35,58,61H,3-4,6,8-10,12,14-16,18,20-22,24,26-28,31-32,34,36-57H2,1-2H3/b7-5-,13-11-,19-17-,25-23-,30-29-,35-33-. The van der Waals surface area contributed by atoms with E-state index in [2.05, 4.69) is 86.8 Å². The van der Waals surface area contributed by atoms with Crippen LogP contribution in [0.4, 0.5) is 0 Å². The summed E-state index contributed by atoms with van der Waals surface area (Å²) in [5, 5.41) is 9.65. The molecule has 0 aromatic rings. The quantitative estimate of drug-likeness (QED) is 0.0374. The number of carbonyl (C=O) groups excluding carboxylic acids is 2. The summed E-state index contributed by atoms with van der Waals surface area (Å²) in [6, 6.07) is 0. The predicted octanol–water partition coefficient (Wildman–Crippen LogP) is 18.8. The highest BCUT2D eigenvalue weighted by Crippen LogP contribution is 2.17. The molecule has 0 aromatic heterocycles. The maximum atomic E-state index is 12.3. The second-order valence-electron chi connectivity index (χ2n) is 18.6. The Morgan fingerprint density at radius 1 is 0.369 bits per heavy atom. The molecule has 0 amide bonds. The SMILES string of the molecule is CC/C=C\C/C=C\C/C=C\C/C=C\C/C=C\C/C=C\CCCCCCCCCCC(=O)OC(CO)COC(=O)CCCCCCCCCCCCCCCCCCCCCCCCCC. The predicted molar refractivity (Wildman–Crippen MR) is 283 cm³/mol. The van der Waals surface area contributed by atoms with Crippen LogP contribution in [-0.2, 0) is 19.1 Å². The molecule has 0 radical (unpaired) electrons. The first-order valence-corrected chi connectivity index (χ1v) is 28.0. The maximum Gasteiger partial charge on any atom is 0.306 e. The van der Waals surface area contributed by atoms with Gasteiger partial charge in [0.1, 0.15) is 6.61 Å². The minimum atomic E-state index is -0.779. The van der Waals surface area contributed by atoms with Crippen LogP contribution in [0.5, 0.6) is 0 Å². The number of aliphatic hydroxyl groups excluding tert-OH is 1. The second kappa shape index (κ2) is 55.7. The van der Waals surface area contributed by atoms with E-state index >= 15 is 0 Å². The van der Waals surface area contributed by atoms with E-state index in [0.717, 1.165) is 83.5 Å². The number of unbranched alkanes of at least 4 members (excludes halogenated alkanes) is 31. The van der Waals surface area contributed by atoms with Crippen LogP contribution in [0.15, 0.2) is 72.9 Å². The van der Waals surface area contributed by atoms with E-state index in [-0.39, 0.29) is 25.2 Å². The molecule has 5 nitrogen and oxygen atoms in total. The number of carbonyl (C=O) groups is 2. The summed E-state index contributed by atoms with van der Waals surface area (Å²) in [4.78, 5) is 24.5. The summed E-state index contributed by atoms with van der Waals surface area (Å²) in [6.45, 7) is 4.05. The molecule has 1 unspecified atom stereocenters. The van der Waals surface area contributed by atoms with Gasteiger partial charge in [-0.05, 0) is 64.2 Å². The summed E-state index contributed by atoms with van der Waals surface area (Å²) < 4.78 is 10.7. The Morgan fingerprint density at radius 2 is 0.662 bits per heavy atom. The van der Waals surface area contributed by atoms with E-state index in [0.29, 0.717) is 12.8 Å². The van der Waals surface area contributed by atoms with Crippen molar-refractivity contribution in [3.8, 4) is 0 Å². The zero-order chi connectivity index (χ0) is 47.0. The molecule has 1 N–H and O–H groups in total. The fourth-order valence-corrected chi connectivity index (χ4v) is 8.09. The number of aliphatic hydroxyl groups is 1. The Bertz CT molecular complexity index is 1160. The number of allylic oxidation sites excluding steroid dienone is 12. The lowest BCUT2D eigenvalue weighted by Gasteiger charge is -2.15. The van der Waals surface area contributed by atoms with Gasteiger partial charge in [-0.25, -0.2) is 0 Å². The zero-order valence-electron chi connectivity index (χ0n) is 43.0. The summed E-state index contributed by atoms with van der Waals surface area (Å²) in [6.07, 6.45) is 75.8. The molecule has 0 spiro atoms. The minimum Gasteiger partial charge on any atom is -0.462 e. The molecular formula is C60H106O5. The molecule has 0 aliphatic carbocycles. The zero-order valence-corrected chi connectivity index (χ0v) is 43.0. The van der Waals surface area contributed by atoms with Gasteiger partial charge < -0.3 is 14.6 Å². The van der Waals surface area contributed by atoms with Crippen molar-refractivity contribution in [2.45, 2.75) is 283 Å². The lowest BCUT2D eigenvalue weighted by atomic mass is 10.0. The largest absolute Gasteiger partial charge is 0.462 e. The Hall–Kier alpha value is -2.66. The topological polar surface area (TPSA) is 72.8 Å². The van der Waals surface area contributed by atoms with Crippen LogP contribution in [-0.4, -0.2) is 36.4 Å². The van der Waals surface area contributed by atoms with Crippen LogP contribution < -0.4 is 0 Å². The Kier molecular flexibility index (Phi) is 53.4. The van der Waals surface area contributed by atoms with Crippen molar-refractivity contribution in [2.24, 2.45) is 0 Å². The smallest absolute Gasteiger partial charge is 0.306 e. The maximum absolute atomic E-state index is 12.3. The van der Waals surface area contributed by atoms with Gasteiger partial charge in [-0.1, -0.05) is 273 Å². The van der Waals surface area contributed by atoms with Crippen molar-refractivity contribution in [1.29, 1.82) is 0 Å². The van der Waals surface area contributed by atoms with E-state index < -0.39 is 6.10 Å². The fourth-order valence-electron chi connectivity index (χ4n) is 8.09. The van der Waals surface area contributed by atoms with Gasteiger partial charge in [0.2, 0.25) is 0 Å². The van der Waals surface area contributed by atoms with Crippen LogP contribution in [0.3, 0.4) is 0 Å². The molecule has 0 bridgehead atoms. The first kappa shape index (κ1) is 62.3. The van der Waals surface area contributed by atoms with Gasteiger partial charge in [-0.2, -0.15) is 0 Å². The minimum absolute atomic E-state index is 0.0689. The molecule has 0 aromatic carbocycles. The van der Waals surface area contributed by atoms with Gasteiger partial charge >= 0.3 is 11.9 Å². The third-order valence-corrected chi connectivity index (χ3v) is 12.3. The normalized spacial score (nSPS) is 12.7. The van der Waals surface area contributed by atoms with E-state index in [9.17, 15) is 14.7 Å². The molecule has 0 aliphatic heterocycles. The van der Waals surface area contributed by atoms with Crippen molar-refractivity contribution in [2.75, 3.05) is 13.2 Å². The molecule has 65 heavy (non-hydrogen) atoms. The van der Waals surface area contributed by atoms with Crippen molar-refractivity contribution in [3.63, 3.8) is 0 Å². The summed E-state index contributed by atoms with van der Waals surface area (Å²) in [7, 11) is 0. The van der Waals surface area contributed by atoms with Gasteiger partial charge in [0, 0.05) is 12.8 Å². The number of esters is 2. The molecule has 0 aliphatic rings. The van der Waals surface area contributed by atoms with Crippen LogP contribution in [0, 0.1) is 0 Å². The number of hydrogen-bond donors (Lipinski definition) is 1. The number of rotatable bonds is 51. The van der Waals surface area contributed by atoms with Gasteiger partial charge in [0.05, 0.1) is 6.61 Å². The summed E-state index contributed by atoms with van der Waals surface area (Å²) >= 11 is 0. The first-order valence-electron chi connectivity index (χ1n) is 28.0. The second-order valence-corrected chi connectivity index (χ2v) is 18.6. The first-order chi connectivity index (χ1) is 32.1. The van der Waals surface area contributed by atoms with Crippen molar-refractivity contribution in [3.05, 3.63) is 72.9 Å². The van der Waals surface area contributed by atoms with E-state index in [4.69, 9.17) is 9.47 Å². The van der Waals surface area contributed by atoms with E-state index in [1.54, 1.807) is 0 Å². The molecule has 0 saturated heterocycles. The van der Waals surface area contributed by atoms with Gasteiger partial charge in [0.25, 0.3) is 0 Å². The van der Waals surface area contributed by atoms with Gasteiger partial charge in [-0.3, -0.25) is 9.59 Å². The van der Waals surface area contributed by atoms with E-state index in [1.165, 1.54) is 167 Å². The van der Waals surface area contributed by atoms with Gasteiger partial charge in [-0.15, -0.1) is 0 Å². The Labute approximate surface area is 403 Å². The van der Waals surface area contributed by atoms with E-state index in [1.807, 2.05) is 0 Å². The van der Waals surface area contributed by atoms with Crippen molar-refractivity contribution >= 4 is 11.9 Å². The molecule has 0 rings (SSSR count). The monoisotopic (exact) mass is 907 g/mol. The van der Waals surface area contributed by atoms with Crippen molar-refractivity contribution in [1.82, 2.24) is 0 Å². The molecule has 0 fully saturated rings. The third-order valence-electron chi connectivity index (χ3n) is 12.3. The third kappa shape index (κ3) is 53.8. The van der Waals surface area contributed by atoms with Gasteiger partial charge in [0.15, 0.2) is 6.10 Å².